The number of hydrogen-bond donors (Lipinski definition) is 1. The summed E-state index contributed by atoms with van der Waals surface area (Å²) in [6.07, 6.45) is 0.950. The SMILES string of the molecule is CCC(CS)CN1C(=O)CSC1=O. The van der Waals surface area contributed by atoms with Crippen molar-refractivity contribution in [2.24, 2.45) is 5.92 Å². The lowest BCUT2D eigenvalue weighted by Crippen LogP contribution is -2.34. The fraction of sp³-hybridized carbons (Fsp3) is 0.750. The van der Waals surface area contributed by atoms with Gasteiger partial charge in [-0.15, -0.1) is 0 Å². The molecular formula is C8H13NO2S2. The van der Waals surface area contributed by atoms with Crippen molar-refractivity contribution in [2.75, 3.05) is 18.1 Å². The number of carbonyl (C=O) groups excluding carboxylic acids is 2. The second-order valence-electron chi connectivity index (χ2n) is 3.02. The molecule has 1 heterocycles. The largest absolute Gasteiger partial charge is 0.288 e. The Hall–Kier alpha value is -0.160. The summed E-state index contributed by atoms with van der Waals surface area (Å²) < 4.78 is 0. The summed E-state index contributed by atoms with van der Waals surface area (Å²) >= 11 is 5.26. The van der Waals surface area contributed by atoms with E-state index in [4.69, 9.17) is 0 Å². The molecular weight excluding hydrogens is 206 g/mol. The Labute approximate surface area is 87.6 Å². The fourth-order valence-corrected chi connectivity index (χ4v) is 2.24. The molecule has 1 rings (SSSR count). The van der Waals surface area contributed by atoms with E-state index in [-0.39, 0.29) is 11.1 Å². The number of hydrogen-bond acceptors (Lipinski definition) is 4. The van der Waals surface area contributed by atoms with E-state index in [2.05, 4.69) is 12.6 Å². The van der Waals surface area contributed by atoms with Crippen molar-refractivity contribution in [1.29, 1.82) is 0 Å². The lowest BCUT2D eigenvalue weighted by atomic mass is 10.1. The minimum Gasteiger partial charge on any atom is -0.273 e. The van der Waals surface area contributed by atoms with Crippen LogP contribution in [0.3, 0.4) is 0 Å². The molecule has 0 aromatic carbocycles. The number of imide groups is 1. The second kappa shape index (κ2) is 4.91. The van der Waals surface area contributed by atoms with Crippen molar-refractivity contribution in [1.82, 2.24) is 4.90 Å². The van der Waals surface area contributed by atoms with E-state index in [1.807, 2.05) is 6.92 Å². The molecule has 0 aliphatic carbocycles. The molecule has 5 heteroatoms. The maximum absolute atomic E-state index is 11.2. The smallest absolute Gasteiger partial charge is 0.273 e. The molecule has 0 radical (unpaired) electrons. The molecule has 0 N–H and O–H groups in total. The highest BCUT2D eigenvalue weighted by Gasteiger charge is 2.30. The van der Waals surface area contributed by atoms with Crippen LogP contribution in [0.15, 0.2) is 0 Å². The van der Waals surface area contributed by atoms with Crippen LogP contribution in [0.4, 0.5) is 4.79 Å². The quantitative estimate of drug-likeness (QED) is 0.730. The van der Waals surface area contributed by atoms with E-state index in [0.717, 1.165) is 23.9 Å². The Kier molecular flexibility index (Phi) is 4.12. The molecule has 0 spiro atoms. The number of nitrogens with zero attached hydrogens (tertiary/aromatic N) is 1. The van der Waals surface area contributed by atoms with E-state index in [0.29, 0.717) is 18.2 Å². The third-order valence-electron chi connectivity index (χ3n) is 2.12. The van der Waals surface area contributed by atoms with Crippen molar-refractivity contribution >= 4 is 35.5 Å². The van der Waals surface area contributed by atoms with Gasteiger partial charge in [-0.2, -0.15) is 12.6 Å². The van der Waals surface area contributed by atoms with E-state index < -0.39 is 0 Å². The maximum atomic E-state index is 11.2. The minimum atomic E-state index is -0.106. The second-order valence-corrected chi connectivity index (χ2v) is 4.31. The molecule has 2 amide bonds. The Morgan fingerprint density at radius 1 is 1.62 bits per heavy atom. The highest BCUT2D eigenvalue weighted by atomic mass is 32.2. The Bertz CT molecular complexity index is 200. The molecule has 1 atom stereocenters. The number of carbonyl (C=O) groups is 2. The summed E-state index contributed by atoms with van der Waals surface area (Å²) in [5.41, 5.74) is 0. The highest BCUT2D eigenvalue weighted by Crippen LogP contribution is 2.21. The Morgan fingerprint density at radius 3 is 2.69 bits per heavy atom. The standard InChI is InChI=1S/C8H13NO2S2/c1-2-6(4-12)3-9-7(10)5-13-8(9)11/h6,12H,2-5H2,1H3. The molecule has 13 heavy (non-hydrogen) atoms. The summed E-state index contributed by atoms with van der Waals surface area (Å²) in [5, 5.41) is -0.106. The molecule has 0 aromatic rings. The van der Waals surface area contributed by atoms with Crippen LogP contribution in [-0.4, -0.2) is 34.1 Å². The van der Waals surface area contributed by atoms with Gasteiger partial charge in [0.25, 0.3) is 5.24 Å². The number of amides is 2. The van der Waals surface area contributed by atoms with Gasteiger partial charge < -0.3 is 0 Å². The average Bonchev–Trinajstić information content (AvgIpc) is 2.44. The molecule has 1 aliphatic heterocycles. The maximum Gasteiger partial charge on any atom is 0.288 e. The van der Waals surface area contributed by atoms with Gasteiger partial charge in [0.15, 0.2) is 0 Å². The molecule has 1 unspecified atom stereocenters. The average molecular weight is 219 g/mol. The van der Waals surface area contributed by atoms with Crippen LogP contribution in [-0.2, 0) is 4.79 Å². The number of rotatable bonds is 4. The topological polar surface area (TPSA) is 37.4 Å². The predicted octanol–water partition coefficient (Wildman–Crippen LogP) is 1.64. The first-order chi connectivity index (χ1) is 6.19. The lowest BCUT2D eigenvalue weighted by molar-refractivity contribution is -0.124. The zero-order chi connectivity index (χ0) is 9.84. The molecule has 0 aromatic heterocycles. The third kappa shape index (κ3) is 2.64. The van der Waals surface area contributed by atoms with Crippen molar-refractivity contribution in [3.05, 3.63) is 0 Å². The number of thiol groups is 1. The van der Waals surface area contributed by atoms with Crippen LogP contribution in [0, 0.1) is 5.92 Å². The first-order valence-electron chi connectivity index (χ1n) is 4.27. The molecule has 0 saturated carbocycles. The molecule has 1 saturated heterocycles. The Balaban J connectivity index is 2.51. The van der Waals surface area contributed by atoms with Crippen molar-refractivity contribution in [2.45, 2.75) is 13.3 Å². The van der Waals surface area contributed by atoms with Crippen molar-refractivity contribution in [3.63, 3.8) is 0 Å². The van der Waals surface area contributed by atoms with Crippen LogP contribution < -0.4 is 0 Å². The van der Waals surface area contributed by atoms with Gasteiger partial charge in [-0.05, 0) is 11.7 Å². The lowest BCUT2D eigenvalue weighted by Gasteiger charge is -2.18. The zero-order valence-electron chi connectivity index (χ0n) is 7.52. The normalized spacial score (nSPS) is 19.7. The van der Waals surface area contributed by atoms with E-state index in [9.17, 15) is 9.59 Å². The summed E-state index contributed by atoms with van der Waals surface area (Å²) in [6.45, 7) is 2.57. The van der Waals surface area contributed by atoms with E-state index >= 15 is 0 Å². The van der Waals surface area contributed by atoms with Gasteiger partial charge >= 0.3 is 0 Å². The van der Waals surface area contributed by atoms with Gasteiger partial charge in [0.05, 0.1) is 5.75 Å². The van der Waals surface area contributed by atoms with E-state index in [1.54, 1.807) is 0 Å². The monoisotopic (exact) mass is 219 g/mol. The highest BCUT2D eigenvalue weighted by molar-refractivity contribution is 8.14. The molecule has 0 bridgehead atoms. The predicted molar refractivity (Wildman–Crippen MR) is 57.2 cm³/mol. The van der Waals surface area contributed by atoms with Gasteiger partial charge in [-0.25, -0.2) is 0 Å². The van der Waals surface area contributed by atoms with Crippen LogP contribution in [0.25, 0.3) is 0 Å². The summed E-state index contributed by atoms with van der Waals surface area (Å²) in [4.78, 5) is 23.7. The zero-order valence-corrected chi connectivity index (χ0v) is 9.24. The van der Waals surface area contributed by atoms with Crippen molar-refractivity contribution in [3.8, 4) is 0 Å². The van der Waals surface area contributed by atoms with Gasteiger partial charge in [-0.3, -0.25) is 14.5 Å². The van der Waals surface area contributed by atoms with Gasteiger partial charge in [-0.1, -0.05) is 25.1 Å². The molecule has 1 fully saturated rings. The first kappa shape index (κ1) is 10.9. The van der Waals surface area contributed by atoms with Gasteiger partial charge in [0, 0.05) is 6.54 Å². The molecule has 74 valence electrons. The first-order valence-corrected chi connectivity index (χ1v) is 5.88. The molecule has 3 nitrogen and oxygen atoms in total. The van der Waals surface area contributed by atoms with Crippen LogP contribution in [0.1, 0.15) is 13.3 Å². The van der Waals surface area contributed by atoms with Crippen molar-refractivity contribution < 1.29 is 9.59 Å². The summed E-state index contributed by atoms with van der Waals surface area (Å²) in [5.74, 6) is 1.30. The van der Waals surface area contributed by atoms with Crippen LogP contribution in [0.5, 0.6) is 0 Å². The minimum absolute atomic E-state index is 0.0600. The van der Waals surface area contributed by atoms with Gasteiger partial charge in [0.1, 0.15) is 0 Å². The Morgan fingerprint density at radius 2 is 2.31 bits per heavy atom. The summed E-state index contributed by atoms with van der Waals surface area (Å²) in [6, 6.07) is 0. The van der Waals surface area contributed by atoms with E-state index in [1.165, 1.54) is 4.90 Å². The summed E-state index contributed by atoms with van der Waals surface area (Å²) in [7, 11) is 0. The fourth-order valence-electron chi connectivity index (χ4n) is 1.13. The van der Waals surface area contributed by atoms with Gasteiger partial charge in [0.2, 0.25) is 5.91 Å². The number of thioether (sulfide) groups is 1. The van der Waals surface area contributed by atoms with Crippen LogP contribution >= 0.6 is 24.4 Å². The molecule has 1 aliphatic rings. The van der Waals surface area contributed by atoms with Crippen LogP contribution in [0.2, 0.25) is 0 Å². The third-order valence-corrected chi connectivity index (χ3v) is 3.49.